The number of carbonyl (C=O) groups is 3. The molecule has 13 heteroatoms. The number of unbranched alkanes of at least 4 members (excludes halogenated alkanes) is 6. The molecule has 0 unspecified atom stereocenters. The van der Waals surface area contributed by atoms with Gasteiger partial charge in [0, 0.05) is 19.4 Å². The second kappa shape index (κ2) is 18.6. The van der Waals surface area contributed by atoms with Crippen molar-refractivity contribution in [1.82, 2.24) is 20.5 Å². The summed E-state index contributed by atoms with van der Waals surface area (Å²) >= 11 is 1.58. The van der Waals surface area contributed by atoms with Gasteiger partial charge in [-0.25, -0.2) is 4.98 Å². The van der Waals surface area contributed by atoms with Crippen LogP contribution < -0.4 is 10.6 Å². The predicted molar refractivity (Wildman–Crippen MR) is 208 cm³/mol. The van der Waals surface area contributed by atoms with Gasteiger partial charge >= 0.3 is 0 Å². The van der Waals surface area contributed by atoms with Crippen molar-refractivity contribution in [3.63, 3.8) is 0 Å². The van der Waals surface area contributed by atoms with Crippen LogP contribution in [0.2, 0.25) is 0 Å². The maximum absolute atomic E-state index is 14.0. The number of aromatic nitrogens is 1. The average molecular weight is 769 g/mol. The molecule has 1 aliphatic rings. The molecule has 4 atom stereocenters. The third-order valence-electron chi connectivity index (χ3n) is 9.90. The zero-order chi connectivity index (χ0) is 38.9. The second-order valence-electron chi connectivity index (χ2n) is 15.4. The third kappa shape index (κ3) is 11.9. The minimum Gasteiger partial charge on any atom is -0.391 e. The number of carbonyl (C=O) groups excluding carboxylic acids is 3. The lowest BCUT2D eigenvalue weighted by Crippen LogP contribution is -2.57. The highest BCUT2D eigenvalue weighted by Gasteiger charge is 2.44. The van der Waals surface area contributed by atoms with E-state index in [0.29, 0.717) is 18.4 Å². The Bertz CT molecular complexity index is 1820. The number of hydrogen-bond acceptors (Lipinski definition) is 8. The summed E-state index contributed by atoms with van der Waals surface area (Å²) < 4.78 is 32.9. The standard InChI is InChI=1S/C40H56N4O7S2/c1-26-16-21-34(53(49,50)51)31(22-26)14-12-10-8-7-9-11-13-15-35(46)43-37(40(4,5)6)39(48)44-24-32(45)23-33(44)38(47)42-27(2)29-17-19-30(20-18-29)36-28(3)41-25-52-36/h16-22,25,27,32-33,37,45H,7-15,23-24H2,1-6H3,(H,42,47)(H,43,46)(H,49,50,51)/t27-,32+,33-,37+/m0/s1. The molecule has 4 N–H and O–H groups in total. The van der Waals surface area contributed by atoms with Crippen LogP contribution in [-0.4, -0.2) is 70.4 Å². The lowest BCUT2D eigenvalue weighted by molar-refractivity contribution is -0.144. The van der Waals surface area contributed by atoms with Crippen molar-refractivity contribution in [3.8, 4) is 10.4 Å². The van der Waals surface area contributed by atoms with Crippen LogP contribution in [0.15, 0.2) is 52.9 Å². The molecular weight excluding hydrogens is 713 g/mol. The monoisotopic (exact) mass is 768 g/mol. The molecule has 0 bridgehead atoms. The molecule has 2 aromatic carbocycles. The Morgan fingerprint density at radius 3 is 2.21 bits per heavy atom. The summed E-state index contributed by atoms with van der Waals surface area (Å²) in [6, 6.07) is 10.8. The fourth-order valence-corrected chi connectivity index (χ4v) is 8.43. The van der Waals surface area contributed by atoms with Crippen LogP contribution in [0.3, 0.4) is 0 Å². The lowest BCUT2D eigenvalue weighted by atomic mass is 9.85. The van der Waals surface area contributed by atoms with Gasteiger partial charge in [0.2, 0.25) is 17.7 Å². The van der Waals surface area contributed by atoms with Gasteiger partial charge in [-0.15, -0.1) is 11.3 Å². The van der Waals surface area contributed by atoms with Gasteiger partial charge in [0.25, 0.3) is 10.1 Å². The topological polar surface area (TPSA) is 166 Å². The van der Waals surface area contributed by atoms with E-state index in [-0.39, 0.29) is 48.0 Å². The van der Waals surface area contributed by atoms with Gasteiger partial charge in [0.15, 0.2) is 0 Å². The third-order valence-corrected chi connectivity index (χ3v) is 11.8. The van der Waals surface area contributed by atoms with E-state index in [1.165, 1.54) is 11.0 Å². The van der Waals surface area contributed by atoms with Crippen molar-refractivity contribution in [2.75, 3.05) is 6.54 Å². The van der Waals surface area contributed by atoms with Gasteiger partial charge in [0.05, 0.1) is 33.1 Å². The van der Waals surface area contributed by atoms with Crippen molar-refractivity contribution >= 4 is 39.2 Å². The molecule has 290 valence electrons. The fourth-order valence-electron chi connectivity index (χ4n) is 6.89. The minimum absolute atomic E-state index is 0.0172. The number of rotatable bonds is 17. The number of hydrogen-bond donors (Lipinski definition) is 4. The van der Waals surface area contributed by atoms with E-state index < -0.39 is 33.7 Å². The van der Waals surface area contributed by atoms with Gasteiger partial charge in [-0.05, 0) is 68.2 Å². The Balaban J connectivity index is 1.22. The van der Waals surface area contributed by atoms with Gasteiger partial charge in [-0.3, -0.25) is 18.9 Å². The lowest BCUT2D eigenvalue weighted by Gasteiger charge is -2.35. The first-order valence-corrected chi connectivity index (χ1v) is 20.9. The second-order valence-corrected chi connectivity index (χ2v) is 17.7. The highest BCUT2D eigenvalue weighted by molar-refractivity contribution is 7.85. The highest BCUT2D eigenvalue weighted by atomic mass is 32.2. The van der Waals surface area contributed by atoms with Gasteiger partial charge in [-0.1, -0.05) is 94.8 Å². The number of likely N-dealkylation sites (tertiary alicyclic amines) is 1. The number of aryl methyl sites for hydroxylation is 3. The summed E-state index contributed by atoms with van der Waals surface area (Å²) in [7, 11) is -4.25. The van der Waals surface area contributed by atoms with Crippen LogP contribution in [0.25, 0.3) is 10.4 Å². The quantitative estimate of drug-likeness (QED) is 0.0870. The van der Waals surface area contributed by atoms with Crippen LogP contribution in [0.4, 0.5) is 0 Å². The van der Waals surface area contributed by atoms with Gasteiger partial charge in [0.1, 0.15) is 12.1 Å². The van der Waals surface area contributed by atoms with E-state index in [4.69, 9.17) is 0 Å². The average Bonchev–Trinajstić information content (AvgIpc) is 3.70. The molecule has 1 aliphatic heterocycles. The number of aliphatic hydroxyl groups is 1. The molecule has 0 radical (unpaired) electrons. The largest absolute Gasteiger partial charge is 0.391 e. The van der Waals surface area contributed by atoms with Crippen molar-refractivity contribution in [3.05, 3.63) is 70.4 Å². The van der Waals surface area contributed by atoms with Crippen molar-refractivity contribution < 1.29 is 32.5 Å². The number of aliphatic hydroxyl groups excluding tert-OH is 1. The minimum atomic E-state index is -4.25. The maximum atomic E-state index is 14.0. The summed E-state index contributed by atoms with van der Waals surface area (Å²) in [6.45, 7) is 11.4. The Kier molecular flexibility index (Phi) is 14.8. The van der Waals surface area contributed by atoms with E-state index in [1.54, 1.807) is 17.4 Å². The molecule has 1 fully saturated rings. The van der Waals surface area contributed by atoms with Crippen molar-refractivity contribution in [2.24, 2.45) is 5.41 Å². The zero-order valence-corrected chi connectivity index (χ0v) is 33.5. The van der Waals surface area contributed by atoms with Crippen LogP contribution in [0.5, 0.6) is 0 Å². The van der Waals surface area contributed by atoms with Gasteiger partial charge in [-0.2, -0.15) is 8.42 Å². The highest BCUT2D eigenvalue weighted by Crippen LogP contribution is 2.30. The summed E-state index contributed by atoms with van der Waals surface area (Å²) in [5, 5.41) is 16.5. The predicted octanol–water partition coefficient (Wildman–Crippen LogP) is 6.71. The van der Waals surface area contributed by atoms with E-state index >= 15 is 0 Å². The fraction of sp³-hybridized carbons (Fsp3) is 0.550. The number of nitrogens with one attached hydrogen (secondary N) is 2. The molecular formula is C40H56N4O7S2. The Morgan fingerprint density at radius 1 is 0.962 bits per heavy atom. The molecule has 3 aromatic rings. The SMILES string of the molecule is Cc1ccc(S(=O)(=O)O)c(CCCCCCCCCC(=O)N[C@H](C(=O)N2C[C@H](O)C[C@H]2C(=O)N[C@@H](C)c2ccc(-c3scnc3C)cc2)C(C)(C)C)c1. The number of benzene rings is 2. The van der Waals surface area contributed by atoms with E-state index in [9.17, 15) is 32.5 Å². The number of nitrogens with zero attached hydrogens (tertiary/aromatic N) is 2. The summed E-state index contributed by atoms with van der Waals surface area (Å²) in [4.78, 5) is 47.4. The van der Waals surface area contributed by atoms with E-state index in [2.05, 4.69) is 15.6 Å². The van der Waals surface area contributed by atoms with E-state index in [1.807, 2.05) is 77.4 Å². The molecule has 2 heterocycles. The van der Waals surface area contributed by atoms with Crippen LogP contribution in [0, 0.1) is 19.3 Å². The summed E-state index contributed by atoms with van der Waals surface area (Å²) in [5.41, 5.74) is 5.71. The molecule has 0 saturated carbocycles. The maximum Gasteiger partial charge on any atom is 0.294 e. The first-order chi connectivity index (χ1) is 25.0. The Labute approximate surface area is 318 Å². The Hall–Kier alpha value is -3.65. The molecule has 0 spiro atoms. The zero-order valence-electron chi connectivity index (χ0n) is 31.9. The van der Waals surface area contributed by atoms with Crippen LogP contribution in [-0.2, 0) is 30.9 Å². The smallest absolute Gasteiger partial charge is 0.294 e. The number of β-amino-alcohol motifs (C(OH)–C–C–N with tert-alkyl or cyclic N) is 1. The Morgan fingerprint density at radius 2 is 1.60 bits per heavy atom. The molecule has 11 nitrogen and oxygen atoms in total. The summed E-state index contributed by atoms with van der Waals surface area (Å²) in [6.07, 6.45) is 6.32. The first kappa shape index (κ1) is 42.1. The number of thiazole rings is 1. The molecule has 53 heavy (non-hydrogen) atoms. The molecule has 0 aliphatic carbocycles. The summed E-state index contributed by atoms with van der Waals surface area (Å²) in [5.74, 6) is -0.951. The van der Waals surface area contributed by atoms with Gasteiger partial charge < -0.3 is 20.6 Å². The molecule has 4 rings (SSSR count). The number of amides is 3. The molecule has 1 aromatic heterocycles. The van der Waals surface area contributed by atoms with Crippen molar-refractivity contribution in [1.29, 1.82) is 0 Å². The first-order valence-electron chi connectivity index (χ1n) is 18.6. The van der Waals surface area contributed by atoms with Crippen LogP contribution in [0.1, 0.15) is 114 Å². The van der Waals surface area contributed by atoms with Crippen LogP contribution >= 0.6 is 11.3 Å². The normalized spacial score (nSPS) is 17.4. The molecule has 1 saturated heterocycles. The van der Waals surface area contributed by atoms with Crippen molar-refractivity contribution in [2.45, 2.75) is 135 Å². The molecule has 3 amide bonds. The van der Waals surface area contributed by atoms with E-state index in [0.717, 1.165) is 65.8 Å².